The summed E-state index contributed by atoms with van der Waals surface area (Å²) in [5, 5.41) is 2.99. The Hall–Kier alpha value is -3.36. The summed E-state index contributed by atoms with van der Waals surface area (Å²) in [5.74, 6) is 0.0433. The van der Waals surface area contributed by atoms with Crippen molar-refractivity contribution >= 4 is 21.6 Å². The van der Waals surface area contributed by atoms with Crippen LogP contribution in [0.15, 0.2) is 77.7 Å². The second-order valence-corrected chi connectivity index (χ2v) is 11.3. The number of rotatable bonds is 7. The van der Waals surface area contributed by atoms with Gasteiger partial charge in [-0.05, 0) is 73.8 Å². The van der Waals surface area contributed by atoms with Crippen molar-refractivity contribution in [2.45, 2.75) is 43.9 Å². The predicted octanol–water partition coefficient (Wildman–Crippen LogP) is 3.86. The van der Waals surface area contributed by atoms with E-state index in [0.717, 1.165) is 30.8 Å². The molecule has 3 aromatic rings. The summed E-state index contributed by atoms with van der Waals surface area (Å²) in [6.45, 7) is 5.22. The van der Waals surface area contributed by atoms with Crippen LogP contribution in [-0.4, -0.2) is 45.0 Å². The molecule has 2 aliphatic heterocycles. The molecule has 0 bridgehead atoms. The third-order valence-corrected chi connectivity index (χ3v) is 8.57. The molecule has 0 saturated carbocycles. The summed E-state index contributed by atoms with van der Waals surface area (Å²) < 4.78 is 34.4. The molecule has 1 amide bonds. The summed E-state index contributed by atoms with van der Waals surface area (Å²) in [6.07, 6.45) is 1.48. The lowest BCUT2D eigenvalue weighted by atomic mass is 10.1. The monoisotopic (exact) mass is 505 g/mol. The van der Waals surface area contributed by atoms with Gasteiger partial charge in [-0.25, -0.2) is 8.42 Å². The maximum atomic E-state index is 13.5. The fourth-order valence-corrected chi connectivity index (χ4v) is 6.30. The lowest BCUT2D eigenvalue weighted by molar-refractivity contribution is -0.127. The van der Waals surface area contributed by atoms with Crippen LogP contribution in [-0.2, 0) is 27.9 Å². The molecule has 0 aliphatic carbocycles. The first kappa shape index (κ1) is 24.3. The largest absolute Gasteiger partial charge is 0.476 e. The van der Waals surface area contributed by atoms with Gasteiger partial charge in [-0.1, -0.05) is 48.5 Å². The molecule has 0 spiro atoms. The van der Waals surface area contributed by atoms with Gasteiger partial charge in [-0.2, -0.15) is 0 Å². The molecule has 188 valence electrons. The Kier molecular flexibility index (Phi) is 6.98. The van der Waals surface area contributed by atoms with Gasteiger partial charge in [-0.3, -0.25) is 14.0 Å². The Morgan fingerprint density at radius 3 is 2.42 bits per heavy atom. The summed E-state index contributed by atoms with van der Waals surface area (Å²) in [7, 11) is -3.87. The second-order valence-electron chi connectivity index (χ2n) is 9.40. The molecular formula is C28H31N3O4S. The summed E-state index contributed by atoms with van der Waals surface area (Å²) in [4.78, 5) is 15.9. The number of nitrogens with one attached hydrogen (secondary N) is 1. The third-order valence-electron chi connectivity index (χ3n) is 6.77. The Balaban J connectivity index is 1.35. The number of amides is 1. The molecule has 0 aromatic heterocycles. The van der Waals surface area contributed by atoms with Gasteiger partial charge in [0, 0.05) is 13.1 Å². The zero-order chi connectivity index (χ0) is 25.1. The first-order valence-electron chi connectivity index (χ1n) is 12.3. The number of sulfonamides is 1. The van der Waals surface area contributed by atoms with Crippen LogP contribution < -0.4 is 14.4 Å². The highest BCUT2D eigenvalue weighted by Gasteiger charge is 2.37. The minimum Gasteiger partial charge on any atom is -0.476 e. The number of aryl methyl sites for hydroxylation is 1. The van der Waals surface area contributed by atoms with Crippen LogP contribution in [0.25, 0.3) is 0 Å². The van der Waals surface area contributed by atoms with E-state index in [1.54, 1.807) is 42.5 Å². The van der Waals surface area contributed by atoms with E-state index >= 15 is 0 Å². The maximum absolute atomic E-state index is 13.5. The van der Waals surface area contributed by atoms with Gasteiger partial charge >= 0.3 is 0 Å². The number of benzene rings is 3. The van der Waals surface area contributed by atoms with Crippen LogP contribution in [0, 0.1) is 6.92 Å². The first-order valence-corrected chi connectivity index (χ1v) is 13.8. The molecule has 0 radical (unpaired) electrons. The van der Waals surface area contributed by atoms with E-state index in [2.05, 4.69) is 16.3 Å². The van der Waals surface area contributed by atoms with Gasteiger partial charge in [0.1, 0.15) is 5.75 Å². The molecule has 8 heteroatoms. The van der Waals surface area contributed by atoms with Crippen LogP contribution in [0.5, 0.6) is 5.75 Å². The number of ether oxygens (including phenoxy) is 1. The minimum atomic E-state index is -3.87. The number of hydrogen-bond donors (Lipinski definition) is 1. The van der Waals surface area contributed by atoms with E-state index in [-0.39, 0.29) is 17.3 Å². The smallest absolute Gasteiger partial charge is 0.264 e. The van der Waals surface area contributed by atoms with Crippen molar-refractivity contribution in [1.29, 1.82) is 0 Å². The predicted molar refractivity (Wildman–Crippen MR) is 139 cm³/mol. The number of fused-ring (bicyclic) bond motifs is 1. The van der Waals surface area contributed by atoms with Gasteiger partial charge in [0.2, 0.25) is 0 Å². The van der Waals surface area contributed by atoms with E-state index in [1.165, 1.54) is 22.7 Å². The zero-order valence-electron chi connectivity index (χ0n) is 20.4. The lowest BCUT2D eigenvalue weighted by Gasteiger charge is -2.35. The minimum absolute atomic E-state index is 0.103. The van der Waals surface area contributed by atoms with E-state index in [9.17, 15) is 13.2 Å². The fraction of sp³-hybridized carbons (Fsp3) is 0.321. The normalized spacial score (nSPS) is 17.9. The number of carbonyl (C=O) groups excluding carboxylic acids is 1. The van der Waals surface area contributed by atoms with E-state index in [0.29, 0.717) is 18.0 Å². The molecule has 2 heterocycles. The van der Waals surface area contributed by atoms with Gasteiger partial charge in [0.05, 0.1) is 17.1 Å². The van der Waals surface area contributed by atoms with E-state index in [4.69, 9.17) is 4.74 Å². The van der Waals surface area contributed by atoms with Gasteiger partial charge in [-0.15, -0.1) is 0 Å². The molecule has 1 fully saturated rings. The Morgan fingerprint density at radius 2 is 1.67 bits per heavy atom. The molecule has 0 unspecified atom stereocenters. The van der Waals surface area contributed by atoms with Crippen LogP contribution >= 0.6 is 0 Å². The van der Waals surface area contributed by atoms with Gasteiger partial charge in [0.15, 0.2) is 6.10 Å². The van der Waals surface area contributed by atoms with Crippen molar-refractivity contribution in [3.8, 4) is 5.75 Å². The third kappa shape index (κ3) is 5.10. The van der Waals surface area contributed by atoms with Crippen LogP contribution in [0.2, 0.25) is 0 Å². The molecule has 7 nitrogen and oxygen atoms in total. The highest BCUT2D eigenvalue weighted by Crippen LogP contribution is 2.37. The molecule has 36 heavy (non-hydrogen) atoms. The number of nitrogens with zero attached hydrogens (tertiary/aromatic N) is 2. The van der Waals surface area contributed by atoms with Crippen molar-refractivity contribution in [3.05, 3.63) is 89.5 Å². The molecule has 2 aliphatic rings. The SMILES string of the molecule is Cc1ccc2c(c1)O[C@@H](C(=O)NCc1ccccc1CN1CCCC1)CN2S(=O)(=O)c1ccccc1. The topological polar surface area (TPSA) is 79.0 Å². The van der Waals surface area contributed by atoms with Crippen LogP contribution in [0.4, 0.5) is 5.69 Å². The van der Waals surface area contributed by atoms with Crippen molar-refractivity contribution < 1.29 is 17.9 Å². The molecule has 1 N–H and O–H groups in total. The second kappa shape index (κ2) is 10.3. The highest BCUT2D eigenvalue weighted by molar-refractivity contribution is 7.92. The Morgan fingerprint density at radius 1 is 0.972 bits per heavy atom. The van der Waals surface area contributed by atoms with Crippen LogP contribution in [0.3, 0.4) is 0 Å². The average Bonchev–Trinajstić information content (AvgIpc) is 3.40. The molecule has 1 saturated heterocycles. The fourth-order valence-electron chi connectivity index (χ4n) is 4.81. The number of hydrogen-bond acceptors (Lipinski definition) is 5. The lowest BCUT2D eigenvalue weighted by Crippen LogP contribution is -2.50. The molecule has 3 aromatic carbocycles. The quantitative estimate of drug-likeness (QED) is 0.528. The van der Waals surface area contributed by atoms with Gasteiger partial charge < -0.3 is 10.1 Å². The van der Waals surface area contributed by atoms with Crippen molar-refractivity contribution in [2.75, 3.05) is 23.9 Å². The van der Waals surface area contributed by atoms with Gasteiger partial charge in [0.25, 0.3) is 15.9 Å². The van der Waals surface area contributed by atoms with E-state index < -0.39 is 16.1 Å². The number of carbonyl (C=O) groups is 1. The Bertz CT molecular complexity index is 1340. The number of likely N-dealkylation sites (tertiary alicyclic amines) is 1. The summed E-state index contributed by atoms with van der Waals surface area (Å²) in [5.41, 5.74) is 3.60. The standard InChI is InChI=1S/C28H31N3O4S/c1-21-13-14-25-26(17-21)35-27(20-31(25)36(33,34)24-11-3-2-4-12-24)28(32)29-18-22-9-5-6-10-23(22)19-30-15-7-8-16-30/h2-6,9-14,17,27H,7-8,15-16,18-20H2,1H3,(H,29,32)/t27-/m1/s1. The van der Waals surface area contributed by atoms with Crippen molar-refractivity contribution in [2.24, 2.45) is 0 Å². The van der Waals surface area contributed by atoms with Crippen molar-refractivity contribution in [3.63, 3.8) is 0 Å². The maximum Gasteiger partial charge on any atom is 0.264 e. The molecular weight excluding hydrogens is 474 g/mol. The summed E-state index contributed by atoms with van der Waals surface area (Å²) in [6, 6.07) is 21.7. The summed E-state index contributed by atoms with van der Waals surface area (Å²) >= 11 is 0. The molecule has 5 rings (SSSR count). The molecule has 1 atom stereocenters. The van der Waals surface area contributed by atoms with E-state index in [1.807, 2.05) is 31.2 Å². The van der Waals surface area contributed by atoms with Crippen LogP contribution in [0.1, 0.15) is 29.5 Å². The Labute approximate surface area is 212 Å². The average molecular weight is 506 g/mol. The highest BCUT2D eigenvalue weighted by atomic mass is 32.2. The zero-order valence-corrected chi connectivity index (χ0v) is 21.2. The first-order chi connectivity index (χ1) is 17.4. The number of anilines is 1. The van der Waals surface area contributed by atoms with Crippen molar-refractivity contribution in [1.82, 2.24) is 10.2 Å².